The zero-order chi connectivity index (χ0) is 13.5. The Labute approximate surface area is 110 Å². The van der Waals surface area contributed by atoms with Crippen LogP contribution in [0.4, 0.5) is 10.5 Å². The van der Waals surface area contributed by atoms with Crippen molar-refractivity contribution in [2.24, 2.45) is 0 Å². The Morgan fingerprint density at radius 3 is 2.61 bits per heavy atom. The summed E-state index contributed by atoms with van der Waals surface area (Å²) in [4.78, 5) is 21.2. The maximum Gasteiger partial charge on any atom is 0.407 e. The highest BCUT2D eigenvalue weighted by atomic mass is 32.1. The quantitative estimate of drug-likeness (QED) is 0.488. The molecule has 0 unspecified atom stereocenters. The SMILES string of the molecule is C[C@@H](S)CNC(=O)OCc1ccc([N+](=O)[O-])cc1. The molecule has 1 rings (SSSR count). The van der Waals surface area contributed by atoms with E-state index < -0.39 is 11.0 Å². The Kier molecular flexibility index (Phi) is 5.44. The molecule has 0 aliphatic rings. The minimum Gasteiger partial charge on any atom is -0.445 e. The van der Waals surface area contributed by atoms with Crippen molar-refractivity contribution in [1.82, 2.24) is 5.32 Å². The largest absolute Gasteiger partial charge is 0.445 e. The van der Waals surface area contributed by atoms with E-state index >= 15 is 0 Å². The van der Waals surface area contributed by atoms with E-state index in [1.54, 1.807) is 12.1 Å². The highest BCUT2D eigenvalue weighted by Crippen LogP contribution is 2.12. The van der Waals surface area contributed by atoms with Crippen molar-refractivity contribution in [2.75, 3.05) is 6.54 Å². The molecule has 6 nitrogen and oxygen atoms in total. The molecule has 7 heteroatoms. The van der Waals surface area contributed by atoms with Crippen molar-refractivity contribution in [3.63, 3.8) is 0 Å². The van der Waals surface area contributed by atoms with Crippen LogP contribution >= 0.6 is 12.6 Å². The first kappa shape index (κ1) is 14.3. The number of nitrogens with zero attached hydrogens (tertiary/aromatic N) is 1. The lowest BCUT2D eigenvalue weighted by Crippen LogP contribution is -2.29. The summed E-state index contributed by atoms with van der Waals surface area (Å²) in [5.74, 6) is 0. The predicted octanol–water partition coefficient (Wildman–Crippen LogP) is 2.14. The Hall–Kier alpha value is -1.76. The molecule has 0 aliphatic carbocycles. The highest BCUT2D eigenvalue weighted by Gasteiger charge is 2.06. The van der Waals surface area contributed by atoms with Crippen molar-refractivity contribution in [3.05, 3.63) is 39.9 Å². The number of nitro benzene ring substituents is 1. The van der Waals surface area contributed by atoms with Gasteiger partial charge in [0.1, 0.15) is 6.61 Å². The molecule has 1 N–H and O–H groups in total. The molecule has 0 bridgehead atoms. The second-order valence-electron chi connectivity index (χ2n) is 3.73. The molecule has 0 heterocycles. The number of carbonyl (C=O) groups is 1. The number of nitrogens with one attached hydrogen (secondary N) is 1. The first-order valence-electron chi connectivity index (χ1n) is 5.31. The molecule has 0 spiro atoms. The van der Waals surface area contributed by atoms with Gasteiger partial charge in [0.2, 0.25) is 0 Å². The van der Waals surface area contributed by atoms with Crippen molar-refractivity contribution < 1.29 is 14.5 Å². The zero-order valence-electron chi connectivity index (χ0n) is 9.83. The van der Waals surface area contributed by atoms with Gasteiger partial charge in [0.05, 0.1) is 4.92 Å². The molecular formula is C11H14N2O4S. The van der Waals surface area contributed by atoms with Crippen LogP contribution in [0.2, 0.25) is 0 Å². The maximum atomic E-state index is 11.2. The summed E-state index contributed by atoms with van der Waals surface area (Å²) in [7, 11) is 0. The second-order valence-corrected chi connectivity index (χ2v) is 4.61. The molecule has 0 aliphatic heterocycles. The van der Waals surface area contributed by atoms with Crippen LogP contribution in [0.25, 0.3) is 0 Å². The van der Waals surface area contributed by atoms with Crippen molar-refractivity contribution in [1.29, 1.82) is 0 Å². The summed E-state index contributed by atoms with van der Waals surface area (Å²) < 4.78 is 4.92. The van der Waals surface area contributed by atoms with Gasteiger partial charge in [0.15, 0.2) is 0 Å². The summed E-state index contributed by atoms with van der Waals surface area (Å²) in [6.07, 6.45) is -0.533. The van der Waals surface area contributed by atoms with E-state index in [4.69, 9.17) is 4.74 Å². The van der Waals surface area contributed by atoms with Crippen molar-refractivity contribution in [2.45, 2.75) is 18.8 Å². The minimum absolute atomic E-state index is 0.00657. The summed E-state index contributed by atoms with van der Waals surface area (Å²) in [5, 5.41) is 13.0. The van der Waals surface area contributed by atoms with Gasteiger partial charge in [-0.3, -0.25) is 10.1 Å². The average Bonchev–Trinajstić information content (AvgIpc) is 2.34. The lowest BCUT2D eigenvalue weighted by atomic mass is 10.2. The molecule has 1 aromatic rings. The fourth-order valence-electron chi connectivity index (χ4n) is 1.14. The Morgan fingerprint density at radius 1 is 1.50 bits per heavy atom. The number of benzene rings is 1. The monoisotopic (exact) mass is 270 g/mol. The summed E-state index contributed by atoms with van der Waals surface area (Å²) in [5.41, 5.74) is 0.696. The highest BCUT2D eigenvalue weighted by molar-refractivity contribution is 7.80. The smallest absolute Gasteiger partial charge is 0.407 e. The maximum absolute atomic E-state index is 11.2. The number of non-ortho nitro benzene ring substituents is 1. The number of amides is 1. The lowest BCUT2D eigenvalue weighted by Gasteiger charge is -2.08. The number of nitro groups is 1. The molecule has 0 saturated carbocycles. The third-order valence-corrected chi connectivity index (χ3v) is 2.24. The topological polar surface area (TPSA) is 81.5 Å². The summed E-state index contributed by atoms with van der Waals surface area (Å²) in [6.45, 7) is 2.34. The van der Waals surface area contributed by atoms with Gasteiger partial charge in [0.25, 0.3) is 5.69 Å². The lowest BCUT2D eigenvalue weighted by molar-refractivity contribution is -0.384. The number of hydrogen-bond donors (Lipinski definition) is 2. The molecule has 1 amide bonds. The Morgan fingerprint density at radius 2 is 2.11 bits per heavy atom. The number of carbonyl (C=O) groups excluding carboxylic acids is 1. The van der Waals surface area contributed by atoms with E-state index in [-0.39, 0.29) is 17.5 Å². The molecule has 0 saturated heterocycles. The van der Waals surface area contributed by atoms with Crippen LogP contribution in [0.15, 0.2) is 24.3 Å². The molecule has 98 valence electrons. The number of alkyl carbamates (subject to hydrolysis) is 1. The normalized spacial score (nSPS) is 11.7. The Bertz CT molecular complexity index is 420. The third kappa shape index (κ3) is 5.05. The summed E-state index contributed by atoms with van der Waals surface area (Å²) >= 11 is 4.11. The number of rotatable bonds is 5. The first-order valence-corrected chi connectivity index (χ1v) is 5.82. The standard InChI is InChI=1S/C11H14N2O4S/c1-8(18)6-12-11(14)17-7-9-2-4-10(5-3-9)13(15)16/h2-5,8,18H,6-7H2,1H3,(H,12,14)/t8-/m1/s1. The van der Waals surface area contributed by atoms with Gasteiger partial charge >= 0.3 is 6.09 Å². The predicted molar refractivity (Wildman–Crippen MR) is 69.7 cm³/mol. The fourth-order valence-corrected chi connectivity index (χ4v) is 1.24. The Balaban J connectivity index is 2.39. The molecule has 0 radical (unpaired) electrons. The second kappa shape index (κ2) is 6.85. The van der Waals surface area contributed by atoms with E-state index in [2.05, 4.69) is 17.9 Å². The van der Waals surface area contributed by atoms with Crippen LogP contribution < -0.4 is 5.32 Å². The molecular weight excluding hydrogens is 256 g/mol. The molecule has 18 heavy (non-hydrogen) atoms. The van der Waals surface area contributed by atoms with Crippen molar-refractivity contribution >= 4 is 24.4 Å². The molecule has 1 aromatic carbocycles. The minimum atomic E-state index is -0.533. The number of ether oxygens (including phenoxy) is 1. The fraction of sp³-hybridized carbons (Fsp3) is 0.364. The number of hydrogen-bond acceptors (Lipinski definition) is 5. The van der Waals surface area contributed by atoms with E-state index in [9.17, 15) is 14.9 Å². The van der Waals surface area contributed by atoms with Crippen LogP contribution in [-0.2, 0) is 11.3 Å². The van der Waals surface area contributed by atoms with Gasteiger partial charge in [-0.1, -0.05) is 6.92 Å². The molecule has 0 aromatic heterocycles. The molecule has 0 fully saturated rings. The average molecular weight is 270 g/mol. The van der Waals surface area contributed by atoms with Gasteiger partial charge in [-0.2, -0.15) is 12.6 Å². The van der Waals surface area contributed by atoms with Crippen LogP contribution in [0, 0.1) is 10.1 Å². The van der Waals surface area contributed by atoms with E-state index in [1.165, 1.54) is 12.1 Å². The van der Waals surface area contributed by atoms with E-state index in [0.717, 1.165) is 0 Å². The van der Waals surface area contributed by atoms with Gasteiger partial charge in [-0.15, -0.1) is 0 Å². The van der Waals surface area contributed by atoms with Crippen LogP contribution in [-0.4, -0.2) is 22.8 Å². The van der Waals surface area contributed by atoms with Crippen LogP contribution in [0.3, 0.4) is 0 Å². The van der Waals surface area contributed by atoms with E-state index in [0.29, 0.717) is 12.1 Å². The van der Waals surface area contributed by atoms with Gasteiger partial charge < -0.3 is 10.1 Å². The van der Waals surface area contributed by atoms with Crippen LogP contribution in [0.5, 0.6) is 0 Å². The summed E-state index contributed by atoms with van der Waals surface area (Å²) in [6, 6.07) is 5.83. The first-order chi connectivity index (χ1) is 8.49. The van der Waals surface area contributed by atoms with Gasteiger partial charge in [0, 0.05) is 23.9 Å². The van der Waals surface area contributed by atoms with Gasteiger partial charge in [-0.05, 0) is 17.7 Å². The number of thiol groups is 1. The third-order valence-electron chi connectivity index (χ3n) is 2.06. The van der Waals surface area contributed by atoms with Gasteiger partial charge in [-0.25, -0.2) is 4.79 Å². The van der Waals surface area contributed by atoms with Crippen LogP contribution in [0.1, 0.15) is 12.5 Å². The van der Waals surface area contributed by atoms with E-state index in [1.807, 2.05) is 6.92 Å². The molecule has 1 atom stereocenters. The zero-order valence-corrected chi connectivity index (χ0v) is 10.7. The van der Waals surface area contributed by atoms with Crippen molar-refractivity contribution in [3.8, 4) is 0 Å².